The Morgan fingerprint density at radius 2 is 1.76 bits per heavy atom. The molecule has 1 spiro atoms. The van der Waals surface area contributed by atoms with E-state index in [1.54, 1.807) is 7.11 Å². The summed E-state index contributed by atoms with van der Waals surface area (Å²) in [6, 6.07) is 9.18. The van der Waals surface area contributed by atoms with Crippen LogP contribution in [-0.4, -0.2) is 32.2 Å². The second kappa shape index (κ2) is 6.34. The lowest BCUT2D eigenvalue weighted by Crippen LogP contribution is -2.42. The van der Waals surface area contributed by atoms with Crippen molar-refractivity contribution in [3.63, 3.8) is 0 Å². The molecule has 1 N–H and O–H groups in total. The molecule has 1 atom stereocenters. The first-order chi connectivity index (χ1) is 10.2. The fourth-order valence-electron chi connectivity index (χ4n) is 3.35. The van der Waals surface area contributed by atoms with Gasteiger partial charge in [-0.1, -0.05) is 12.1 Å². The molecule has 1 saturated heterocycles. The van der Waals surface area contributed by atoms with E-state index < -0.39 is 0 Å². The van der Waals surface area contributed by atoms with E-state index in [2.05, 4.69) is 24.4 Å². The molecule has 2 aliphatic rings. The molecule has 0 bridgehead atoms. The molecule has 3 rings (SSSR count). The van der Waals surface area contributed by atoms with Gasteiger partial charge in [0.15, 0.2) is 5.79 Å². The molecule has 0 radical (unpaired) electrons. The van der Waals surface area contributed by atoms with Crippen LogP contribution in [0.3, 0.4) is 0 Å². The Hall–Kier alpha value is -1.10. The van der Waals surface area contributed by atoms with Crippen LogP contribution in [0, 0.1) is 0 Å². The van der Waals surface area contributed by atoms with Crippen molar-refractivity contribution in [1.82, 2.24) is 5.32 Å². The van der Waals surface area contributed by atoms with Crippen LogP contribution in [0.25, 0.3) is 0 Å². The SMILES string of the molecule is COc1ccc(C(C)NC2CCC3(CC2)OCCO3)cc1. The third kappa shape index (κ3) is 3.39. The maximum absolute atomic E-state index is 5.78. The zero-order valence-corrected chi connectivity index (χ0v) is 12.9. The minimum Gasteiger partial charge on any atom is -0.497 e. The summed E-state index contributed by atoms with van der Waals surface area (Å²) in [6.45, 7) is 3.72. The van der Waals surface area contributed by atoms with Gasteiger partial charge in [-0.3, -0.25) is 0 Å². The number of nitrogens with one attached hydrogen (secondary N) is 1. The number of rotatable bonds is 4. The standard InChI is InChI=1S/C17H25NO3/c1-13(14-3-5-16(19-2)6-4-14)18-15-7-9-17(10-8-15)20-11-12-21-17/h3-6,13,15,18H,7-12H2,1-2H3. The largest absolute Gasteiger partial charge is 0.497 e. The molecule has 1 aliphatic heterocycles. The van der Waals surface area contributed by atoms with Crippen molar-refractivity contribution in [2.45, 2.75) is 50.5 Å². The smallest absolute Gasteiger partial charge is 0.168 e. The van der Waals surface area contributed by atoms with Crippen molar-refractivity contribution in [2.24, 2.45) is 0 Å². The summed E-state index contributed by atoms with van der Waals surface area (Å²) in [5, 5.41) is 3.73. The van der Waals surface area contributed by atoms with Gasteiger partial charge in [-0.05, 0) is 37.5 Å². The highest BCUT2D eigenvalue weighted by Crippen LogP contribution is 2.36. The fourth-order valence-corrected chi connectivity index (χ4v) is 3.35. The van der Waals surface area contributed by atoms with Crippen LogP contribution in [-0.2, 0) is 9.47 Å². The van der Waals surface area contributed by atoms with Crippen molar-refractivity contribution < 1.29 is 14.2 Å². The van der Waals surface area contributed by atoms with Crippen LogP contribution in [0.4, 0.5) is 0 Å². The molecular formula is C17H25NO3. The third-order valence-corrected chi connectivity index (χ3v) is 4.66. The highest BCUT2D eigenvalue weighted by Gasteiger charge is 2.40. The quantitative estimate of drug-likeness (QED) is 0.925. The van der Waals surface area contributed by atoms with Gasteiger partial charge in [0, 0.05) is 24.9 Å². The predicted octanol–water partition coefficient (Wildman–Crippen LogP) is 3.03. The van der Waals surface area contributed by atoms with Gasteiger partial charge in [-0.15, -0.1) is 0 Å². The van der Waals surface area contributed by atoms with Gasteiger partial charge < -0.3 is 19.5 Å². The van der Waals surface area contributed by atoms with Gasteiger partial charge in [0.1, 0.15) is 5.75 Å². The van der Waals surface area contributed by atoms with Crippen LogP contribution in [0.2, 0.25) is 0 Å². The Kier molecular flexibility index (Phi) is 4.48. The lowest BCUT2D eigenvalue weighted by atomic mass is 9.89. The molecule has 116 valence electrons. The van der Waals surface area contributed by atoms with Gasteiger partial charge in [0.05, 0.1) is 20.3 Å². The molecule has 1 unspecified atom stereocenters. The molecule has 1 saturated carbocycles. The van der Waals surface area contributed by atoms with Gasteiger partial charge in [-0.2, -0.15) is 0 Å². The summed E-state index contributed by atoms with van der Waals surface area (Å²) in [5.74, 6) is 0.641. The number of methoxy groups -OCH3 is 1. The summed E-state index contributed by atoms with van der Waals surface area (Å²) in [4.78, 5) is 0. The summed E-state index contributed by atoms with van der Waals surface area (Å²) in [7, 11) is 1.70. The lowest BCUT2D eigenvalue weighted by molar-refractivity contribution is -0.179. The van der Waals surface area contributed by atoms with Crippen molar-refractivity contribution in [1.29, 1.82) is 0 Å². The monoisotopic (exact) mass is 291 g/mol. The maximum Gasteiger partial charge on any atom is 0.168 e. The summed E-state index contributed by atoms with van der Waals surface area (Å²) in [5.41, 5.74) is 1.30. The number of hydrogen-bond donors (Lipinski definition) is 1. The average Bonchev–Trinajstić information content (AvgIpc) is 2.98. The van der Waals surface area contributed by atoms with Crippen LogP contribution in [0.15, 0.2) is 24.3 Å². The average molecular weight is 291 g/mol. The molecule has 4 nitrogen and oxygen atoms in total. The number of benzene rings is 1. The van der Waals surface area contributed by atoms with E-state index in [-0.39, 0.29) is 5.79 Å². The van der Waals surface area contributed by atoms with Crippen LogP contribution >= 0.6 is 0 Å². The summed E-state index contributed by atoms with van der Waals surface area (Å²) in [6.07, 6.45) is 4.22. The molecule has 0 amide bonds. The van der Waals surface area contributed by atoms with E-state index >= 15 is 0 Å². The molecule has 21 heavy (non-hydrogen) atoms. The Morgan fingerprint density at radius 3 is 2.33 bits per heavy atom. The molecule has 2 fully saturated rings. The third-order valence-electron chi connectivity index (χ3n) is 4.66. The van der Waals surface area contributed by atoms with E-state index in [9.17, 15) is 0 Å². The topological polar surface area (TPSA) is 39.7 Å². The fraction of sp³-hybridized carbons (Fsp3) is 0.647. The Morgan fingerprint density at radius 1 is 1.14 bits per heavy atom. The van der Waals surface area contributed by atoms with Crippen LogP contribution in [0.1, 0.15) is 44.2 Å². The van der Waals surface area contributed by atoms with Crippen LogP contribution in [0.5, 0.6) is 5.75 Å². The van der Waals surface area contributed by atoms with E-state index in [0.29, 0.717) is 12.1 Å². The Labute approximate surface area is 126 Å². The first-order valence-corrected chi connectivity index (χ1v) is 7.89. The van der Waals surface area contributed by atoms with E-state index in [1.165, 1.54) is 5.56 Å². The highest BCUT2D eigenvalue weighted by molar-refractivity contribution is 5.28. The summed E-state index contributed by atoms with van der Waals surface area (Å²) < 4.78 is 16.8. The van der Waals surface area contributed by atoms with Gasteiger partial charge >= 0.3 is 0 Å². The summed E-state index contributed by atoms with van der Waals surface area (Å²) >= 11 is 0. The molecule has 4 heteroatoms. The van der Waals surface area contributed by atoms with E-state index in [4.69, 9.17) is 14.2 Å². The van der Waals surface area contributed by atoms with Gasteiger partial charge in [-0.25, -0.2) is 0 Å². The molecule has 1 aliphatic carbocycles. The van der Waals surface area contributed by atoms with Crippen LogP contribution < -0.4 is 10.1 Å². The second-order valence-corrected chi connectivity index (χ2v) is 6.04. The van der Waals surface area contributed by atoms with E-state index in [1.807, 2.05) is 12.1 Å². The number of hydrogen-bond acceptors (Lipinski definition) is 4. The Bertz CT molecular complexity index is 444. The normalized spacial score (nSPS) is 23.3. The van der Waals surface area contributed by atoms with Crippen molar-refractivity contribution in [3.05, 3.63) is 29.8 Å². The van der Waals surface area contributed by atoms with E-state index in [0.717, 1.165) is 44.6 Å². The molecular weight excluding hydrogens is 266 g/mol. The first kappa shape index (κ1) is 14.8. The lowest BCUT2D eigenvalue weighted by Gasteiger charge is -2.36. The zero-order chi connectivity index (χ0) is 14.7. The number of ether oxygens (including phenoxy) is 3. The minimum absolute atomic E-state index is 0.262. The molecule has 1 aromatic carbocycles. The Balaban J connectivity index is 1.52. The minimum atomic E-state index is -0.262. The zero-order valence-electron chi connectivity index (χ0n) is 12.9. The van der Waals surface area contributed by atoms with Gasteiger partial charge in [0.2, 0.25) is 0 Å². The highest BCUT2D eigenvalue weighted by atomic mass is 16.7. The molecule has 1 heterocycles. The van der Waals surface area contributed by atoms with Crippen molar-refractivity contribution >= 4 is 0 Å². The van der Waals surface area contributed by atoms with Gasteiger partial charge in [0.25, 0.3) is 0 Å². The molecule has 1 aromatic rings. The predicted molar refractivity (Wildman–Crippen MR) is 81.4 cm³/mol. The van der Waals surface area contributed by atoms with Crippen molar-refractivity contribution in [2.75, 3.05) is 20.3 Å². The maximum atomic E-state index is 5.78. The second-order valence-electron chi connectivity index (χ2n) is 6.04. The van der Waals surface area contributed by atoms with Crippen molar-refractivity contribution in [3.8, 4) is 5.75 Å². The molecule has 0 aromatic heterocycles. The first-order valence-electron chi connectivity index (χ1n) is 7.89.